The maximum absolute atomic E-state index is 13.7. The monoisotopic (exact) mass is 721 g/mol. The number of alkyl halides is 6. The van der Waals surface area contributed by atoms with Gasteiger partial charge in [-0.3, -0.25) is 14.6 Å². The van der Waals surface area contributed by atoms with E-state index in [1.54, 1.807) is 32.3 Å². The molecule has 13 heteroatoms. The zero-order valence-electron chi connectivity index (χ0n) is 27.2. The minimum Gasteiger partial charge on any atom is -0.508 e. The van der Waals surface area contributed by atoms with E-state index in [1.807, 2.05) is 21.2 Å². The highest BCUT2D eigenvalue weighted by Gasteiger charge is 2.32. The number of carbonyl (C=O) groups is 1. The lowest BCUT2D eigenvalue weighted by Gasteiger charge is -2.33. The first kappa shape index (κ1) is 37.1. The molecular weight excluding hydrogens is 687 g/mol. The standard InChI is InChI=1S/C37H35ClF7N3O2/c1-47(20-27-10-13-29(39)17-32(27)38)19-26-9-8-25(35(50)46-21-36(40,41)42)15-30(26)34(31-14-23-4-3-5-24(23)16-33(31)49)48(2)18-22-6-11-28(12-7-22)37(43,44)45/h6-17,34,49H,3-5,18-21H2,1-2H3,(H,46,50). The maximum Gasteiger partial charge on any atom is 0.416 e. The normalized spacial score (nSPS) is 13.9. The van der Waals surface area contributed by atoms with Crippen molar-refractivity contribution in [3.63, 3.8) is 0 Å². The van der Waals surface area contributed by atoms with Gasteiger partial charge in [-0.25, -0.2) is 4.39 Å². The molecule has 1 unspecified atom stereocenters. The van der Waals surface area contributed by atoms with Crippen molar-refractivity contribution in [3.05, 3.63) is 134 Å². The molecule has 5 nitrogen and oxygen atoms in total. The molecule has 0 saturated carbocycles. The van der Waals surface area contributed by atoms with Crippen LogP contribution in [0.2, 0.25) is 5.02 Å². The molecule has 1 aliphatic rings. The number of hydrogen-bond acceptors (Lipinski definition) is 4. The van der Waals surface area contributed by atoms with Crippen LogP contribution in [-0.2, 0) is 38.7 Å². The summed E-state index contributed by atoms with van der Waals surface area (Å²) >= 11 is 6.28. The Morgan fingerprint density at radius 1 is 0.840 bits per heavy atom. The van der Waals surface area contributed by atoms with Crippen LogP contribution in [-0.4, -0.2) is 47.6 Å². The number of carbonyl (C=O) groups excluding carboxylic acids is 1. The Balaban J connectivity index is 1.59. The second-order valence-corrected chi connectivity index (χ2v) is 13.1. The summed E-state index contributed by atoms with van der Waals surface area (Å²) in [6.45, 7) is -0.885. The molecule has 4 aromatic rings. The first-order valence-electron chi connectivity index (χ1n) is 15.8. The number of phenols is 1. The number of rotatable bonds is 11. The molecule has 0 saturated heterocycles. The van der Waals surface area contributed by atoms with Crippen molar-refractivity contribution in [1.82, 2.24) is 15.1 Å². The smallest absolute Gasteiger partial charge is 0.416 e. The molecule has 1 aliphatic carbocycles. The number of amides is 1. The fourth-order valence-electron chi connectivity index (χ4n) is 6.37. The van der Waals surface area contributed by atoms with Crippen LogP contribution < -0.4 is 5.32 Å². The predicted molar refractivity (Wildman–Crippen MR) is 176 cm³/mol. The summed E-state index contributed by atoms with van der Waals surface area (Å²) in [5, 5.41) is 13.5. The average Bonchev–Trinajstić information content (AvgIpc) is 3.49. The van der Waals surface area contributed by atoms with Crippen molar-refractivity contribution in [2.24, 2.45) is 0 Å². The Kier molecular flexibility index (Phi) is 11.1. The van der Waals surface area contributed by atoms with Gasteiger partial charge in [-0.2, -0.15) is 26.3 Å². The van der Waals surface area contributed by atoms with Crippen LogP contribution in [0.3, 0.4) is 0 Å². The summed E-state index contributed by atoms with van der Waals surface area (Å²) in [5.41, 5.74) is 3.96. The second kappa shape index (κ2) is 15.0. The number of nitrogens with zero attached hydrogens (tertiary/aromatic N) is 2. The van der Waals surface area contributed by atoms with E-state index < -0.39 is 42.2 Å². The van der Waals surface area contributed by atoms with E-state index in [-0.39, 0.29) is 29.4 Å². The Morgan fingerprint density at radius 2 is 1.48 bits per heavy atom. The Morgan fingerprint density at radius 3 is 2.12 bits per heavy atom. The summed E-state index contributed by atoms with van der Waals surface area (Å²) < 4.78 is 92.6. The zero-order chi connectivity index (χ0) is 36.4. The third kappa shape index (κ3) is 9.15. The molecule has 0 heterocycles. The second-order valence-electron chi connectivity index (χ2n) is 12.7. The summed E-state index contributed by atoms with van der Waals surface area (Å²) in [5.74, 6) is -1.47. The lowest BCUT2D eigenvalue weighted by Crippen LogP contribution is -2.34. The molecule has 4 aromatic carbocycles. The number of hydrogen-bond donors (Lipinski definition) is 2. The Bertz CT molecular complexity index is 1840. The van der Waals surface area contributed by atoms with Crippen molar-refractivity contribution >= 4 is 17.5 Å². The number of benzene rings is 4. The summed E-state index contributed by atoms with van der Waals surface area (Å²) in [6, 6.07) is 16.1. The fraction of sp³-hybridized carbons (Fsp3) is 0.324. The fourth-order valence-corrected chi connectivity index (χ4v) is 6.60. The number of fused-ring (bicyclic) bond motifs is 1. The van der Waals surface area contributed by atoms with Gasteiger partial charge in [0.15, 0.2) is 0 Å². The van der Waals surface area contributed by atoms with Gasteiger partial charge in [0.05, 0.1) is 11.6 Å². The van der Waals surface area contributed by atoms with Gasteiger partial charge in [0, 0.05) is 35.8 Å². The van der Waals surface area contributed by atoms with E-state index in [9.17, 15) is 40.6 Å². The van der Waals surface area contributed by atoms with Crippen LogP contribution in [0.25, 0.3) is 0 Å². The van der Waals surface area contributed by atoms with Crippen molar-refractivity contribution in [2.75, 3.05) is 20.6 Å². The number of halogens is 8. The van der Waals surface area contributed by atoms with Crippen LogP contribution >= 0.6 is 11.6 Å². The van der Waals surface area contributed by atoms with Gasteiger partial charge in [-0.05, 0) is 115 Å². The summed E-state index contributed by atoms with van der Waals surface area (Å²) in [6.07, 6.45) is -6.71. The quantitative estimate of drug-likeness (QED) is 0.152. The van der Waals surface area contributed by atoms with Crippen LogP contribution in [0.5, 0.6) is 5.75 Å². The third-order valence-corrected chi connectivity index (χ3v) is 9.09. The number of phenolic OH excluding ortho intramolecular Hbond substituents is 1. The highest BCUT2D eigenvalue weighted by Crippen LogP contribution is 2.40. The van der Waals surface area contributed by atoms with E-state index in [0.717, 1.165) is 42.5 Å². The van der Waals surface area contributed by atoms with Crippen LogP contribution in [0.1, 0.15) is 67.3 Å². The van der Waals surface area contributed by atoms with Crippen molar-refractivity contribution in [3.8, 4) is 5.75 Å². The topological polar surface area (TPSA) is 55.8 Å². The van der Waals surface area contributed by atoms with Crippen molar-refractivity contribution < 1.29 is 40.6 Å². The van der Waals surface area contributed by atoms with Crippen LogP contribution in [0.4, 0.5) is 30.7 Å². The number of nitrogens with one attached hydrogen (secondary N) is 1. The molecular formula is C37H35ClF7N3O2. The largest absolute Gasteiger partial charge is 0.508 e. The van der Waals surface area contributed by atoms with E-state index >= 15 is 0 Å². The predicted octanol–water partition coefficient (Wildman–Crippen LogP) is 8.84. The van der Waals surface area contributed by atoms with Crippen LogP contribution in [0.15, 0.2) is 72.8 Å². The highest BCUT2D eigenvalue weighted by atomic mass is 35.5. The highest BCUT2D eigenvalue weighted by molar-refractivity contribution is 6.31. The molecule has 0 fully saturated rings. The van der Waals surface area contributed by atoms with E-state index in [0.29, 0.717) is 34.4 Å². The van der Waals surface area contributed by atoms with E-state index in [1.165, 1.54) is 36.4 Å². The molecule has 0 aliphatic heterocycles. The molecule has 2 N–H and O–H groups in total. The third-order valence-electron chi connectivity index (χ3n) is 8.74. The molecule has 0 radical (unpaired) electrons. The summed E-state index contributed by atoms with van der Waals surface area (Å²) in [7, 11) is 3.51. The minimum atomic E-state index is -4.64. The molecule has 0 aromatic heterocycles. The SMILES string of the molecule is CN(Cc1ccc(F)cc1Cl)Cc1ccc(C(=O)NCC(F)(F)F)cc1C(c1cc2c(cc1O)CCC2)N(C)Cc1ccc(C(F)(F)F)cc1. The Labute approximate surface area is 290 Å². The van der Waals surface area contributed by atoms with Gasteiger partial charge in [0.25, 0.3) is 5.91 Å². The van der Waals surface area contributed by atoms with Crippen molar-refractivity contribution in [2.45, 2.75) is 57.3 Å². The lowest BCUT2D eigenvalue weighted by atomic mass is 9.89. The molecule has 5 rings (SSSR count). The van der Waals surface area contributed by atoms with Gasteiger partial charge in [0.1, 0.15) is 18.1 Å². The van der Waals surface area contributed by atoms with Gasteiger partial charge in [0.2, 0.25) is 0 Å². The molecule has 0 bridgehead atoms. The average molecular weight is 722 g/mol. The van der Waals surface area contributed by atoms with Gasteiger partial charge >= 0.3 is 12.4 Å². The van der Waals surface area contributed by atoms with Gasteiger partial charge in [-0.15, -0.1) is 0 Å². The lowest BCUT2D eigenvalue weighted by molar-refractivity contribution is -0.137. The van der Waals surface area contributed by atoms with Gasteiger partial charge < -0.3 is 10.4 Å². The van der Waals surface area contributed by atoms with Crippen LogP contribution in [0, 0.1) is 5.82 Å². The molecule has 266 valence electrons. The molecule has 1 amide bonds. The number of aryl methyl sites for hydroxylation is 2. The molecule has 0 spiro atoms. The van der Waals surface area contributed by atoms with E-state index in [4.69, 9.17) is 11.6 Å². The summed E-state index contributed by atoms with van der Waals surface area (Å²) in [4.78, 5) is 16.7. The molecule has 1 atom stereocenters. The minimum absolute atomic E-state index is 0.0285. The first-order chi connectivity index (χ1) is 23.5. The maximum atomic E-state index is 13.7. The van der Waals surface area contributed by atoms with Gasteiger partial charge in [-0.1, -0.05) is 35.9 Å². The molecule has 50 heavy (non-hydrogen) atoms. The zero-order valence-corrected chi connectivity index (χ0v) is 28.0. The van der Waals surface area contributed by atoms with E-state index in [2.05, 4.69) is 0 Å². The van der Waals surface area contributed by atoms with Crippen molar-refractivity contribution in [1.29, 1.82) is 0 Å². The number of aromatic hydroxyl groups is 1. The Hall–Kier alpha value is -4.13. The first-order valence-corrected chi connectivity index (χ1v) is 16.2.